The van der Waals surface area contributed by atoms with Crippen LogP contribution in [0.3, 0.4) is 0 Å². The van der Waals surface area contributed by atoms with E-state index in [4.69, 9.17) is 0 Å². The number of thioether (sulfide) groups is 1. The zero-order valence-corrected chi connectivity index (χ0v) is 9.92. The maximum atomic E-state index is 4.49. The Morgan fingerprint density at radius 1 is 1.38 bits per heavy atom. The first-order chi connectivity index (χ1) is 7.84. The molecule has 1 aromatic carbocycles. The van der Waals surface area contributed by atoms with E-state index >= 15 is 0 Å². The number of benzene rings is 1. The van der Waals surface area contributed by atoms with E-state index < -0.39 is 0 Å². The first-order valence-electron chi connectivity index (χ1n) is 5.34. The Morgan fingerprint density at radius 2 is 2.25 bits per heavy atom. The third-order valence-electron chi connectivity index (χ3n) is 2.76. The molecule has 1 aliphatic rings. The van der Waals surface area contributed by atoms with Crippen molar-refractivity contribution in [2.75, 3.05) is 20.1 Å². The van der Waals surface area contributed by atoms with E-state index in [0.717, 1.165) is 18.3 Å². The van der Waals surface area contributed by atoms with Gasteiger partial charge in [-0.1, -0.05) is 30.0 Å². The Bertz CT molecular complexity index is 544. The predicted octanol–water partition coefficient (Wildman–Crippen LogP) is 2.56. The highest BCUT2D eigenvalue weighted by atomic mass is 32.2. The Balaban J connectivity index is 1.95. The van der Waals surface area contributed by atoms with Crippen LogP contribution in [-0.4, -0.2) is 35.2 Å². The van der Waals surface area contributed by atoms with E-state index in [-0.39, 0.29) is 0 Å². The first kappa shape index (κ1) is 9.78. The second-order valence-corrected chi connectivity index (χ2v) is 4.90. The number of amidine groups is 1. The highest BCUT2D eigenvalue weighted by Gasteiger charge is 2.15. The molecule has 2 aromatic rings. The Labute approximate surface area is 98.6 Å². The quantitative estimate of drug-likeness (QED) is 0.818. The minimum absolute atomic E-state index is 0.918. The molecule has 0 aliphatic carbocycles. The van der Waals surface area contributed by atoms with Crippen molar-refractivity contribution in [1.82, 2.24) is 9.88 Å². The molecule has 2 heterocycles. The largest absolute Gasteiger partial charge is 0.360 e. The van der Waals surface area contributed by atoms with Gasteiger partial charge in [0.1, 0.15) is 0 Å². The molecule has 16 heavy (non-hydrogen) atoms. The standard InChI is InChI=1S/C12H13N3S/c1-15-7-6-13-12(15)16-11-8-14-10-5-3-2-4-9(10)11/h2-5,8,14H,6-7H2,1H3. The number of H-pyrrole nitrogens is 1. The molecular formula is C12H13N3S. The number of para-hydroxylation sites is 1. The number of aromatic nitrogens is 1. The lowest BCUT2D eigenvalue weighted by Crippen LogP contribution is -2.19. The molecule has 1 N–H and O–H groups in total. The van der Waals surface area contributed by atoms with Crippen LogP contribution in [0, 0.1) is 0 Å². The number of aromatic amines is 1. The molecule has 0 atom stereocenters. The van der Waals surface area contributed by atoms with Gasteiger partial charge < -0.3 is 9.88 Å². The van der Waals surface area contributed by atoms with Crippen molar-refractivity contribution in [3.05, 3.63) is 30.5 Å². The van der Waals surface area contributed by atoms with Crippen molar-refractivity contribution < 1.29 is 0 Å². The second kappa shape index (κ2) is 3.87. The molecule has 0 spiro atoms. The third-order valence-corrected chi connectivity index (χ3v) is 3.94. The molecule has 1 aromatic heterocycles. The minimum atomic E-state index is 0.918. The number of hydrogen-bond acceptors (Lipinski definition) is 3. The molecule has 3 nitrogen and oxygen atoms in total. The Hall–Kier alpha value is -1.42. The van der Waals surface area contributed by atoms with Crippen molar-refractivity contribution in [2.24, 2.45) is 4.99 Å². The SMILES string of the molecule is CN1CCN=C1Sc1c[nH]c2ccccc12. The molecule has 0 radical (unpaired) electrons. The molecule has 0 bridgehead atoms. The summed E-state index contributed by atoms with van der Waals surface area (Å²) >= 11 is 1.74. The van der Waals surface area contributed by atoms with Crippen LogP contribution in [0.2, 0.25) is 0 Å². The van der Waals surface area contributed by atoms with Crippen LogP contribution < -0.4 is 0 Å². The Morgan fingerprint density at radius 3 is 3.06 bits per heavy atom. The van der Waals surface area contributed by atoms with Gasteiger partial charge in [-0.25, -0.2) is 0 Å². The maximum absolute atomic E-state index is 4.49. The average Bonchev–Trinajstić information content (AvgIpc) is 2.88. The number of nitrogens with zero attached hydrogens (tertiary/aromatic N) is 2. The van der Waals surface area contributed by atoms with E-state index in [0.29, 0.717) is 0 Å². The van der Waals surface area contributed by atoms with E-state index in [1.807, 2.05) is 6.07 Å². The van der Waals surface area contributed by atoms with Crippen molar-refractivity contribution >= 4 is 27.8 Å². The summed E-state index contributed by atoms with van der Waals surface area (Å²) in [4.78, 5) is 11.2. The van der Waals surface area contributed by atoms with Crippen LogP contribution in [0.1, 0.15) is 0 Å². The van der Waals surface area contributed by atoms with Crippen LogP contribution >= 0.6 is 11.8 Å². The number of nitrogens with one attached hydrogen (secondary N) is 1. The highest BCUT2D eigenvalue weighted by molar-refractivity contribution is 8.14. The average molecular weight is 231 g/mol. The summed E-state index contributed by atoms with van der Waals surface area (Å²) in [5.74, 6) is 0. The molecular weight excluding hydrogens is 218 g/mol. The zero-order valence-electron chi connectivity index (χ0n) is 9.10. The normalized spacial score (nSPS) is 15.8. The number of likely N-dealkylation sites (N-methyl/N-ethyl adjacent to an activating group) is 1. The summed E-state index contributed by atoms with van der Waals surface area (Å²) in [7, 11) is 2.09. The fourth-order valence-electron chi connectivity index (χ4n) is 1.85. The van der Waals surface area contributed by atoms with E-state index in [2.05, 4.69) is 46.3 Å². The summed E-state index contributed by atoms with van der Waals surface area (Å²) in [6.07, 6.45) is 2.06. The van der Waals surface area contributed by atoms with E-state index in [1.54, 1.807) is 11.8 Å². The van der Waals surface area contributed by atoms with Gasteiger partial charge in [-0.3, -0.25) is 4.99 Å². The van der Waals surface area contributed by atoms with Crippen LogP contribution in [0.4, 0.5) is 0 Å². The van der Waals surface area contributed by atoms with Gasteiger partial charge in [0, 0.05) is 35.6 Å². The van der Waals surface area contributed by atoms with Gasteiger partial charge in [0.2, 0.25) is 0 Å². The smallest absolute Gasteiger partial charge is 0.164 e. The van der Waals surface area contributed by atoms with Crippen LogP contribution in [-0.2, 0) is 0 Å². The molecule has 0 amide bonds. The fraction of sp³-hybridized carbons (Fsp3) is 0.250. The monoisotopic (exact) mass is 231 g/mol. The second-order valence-electron chi connectivity index (χ2n) is 3.89. The summed E-state index contributed by atoms with van der Waals surface area (Å²) in [6, 6.07) is 8.36. The molecule has 82 valence electrons. The van der Waals surface area contributed by atoms with Gasteiger partial charge in [0.25, 0.3) is 0 Å². The number of aliphatic imine (C=N–C) groups is 1. The molecule has 0 fully saturated rings. The van der Waals surface area contributed by atoms with Crippen LogP contribution in [0.15, 0.2) is 40.4 Å². The molecule has 0 unspecified atom stereocenters. The van der Waals surface area contributed by atoms with Gasteiger partial charge in [-0.2, -0.15) is 0 Å². The molecule has 4 heteroatoms. The maximum Gasteiger partial charge on any atom is 0.164 e. The van der Waals surface area contributed by atoms with Crippen molar-refractivity contribution in [3.63, 3.8) is 0 Å². The third kappa shape index (κ3) is 1.59. The minimum Gasteiger partial charge on any atom is -0.360 e. The number of fused-ring (bicyclic) bond motifs is 1. The van der Waals surface area contributed by atoms with Gasteiger partial charge in [0.05, 0.1) is 6.54 Å². The highest BCUT2D eigenvalue weighted by Crippen LogP contribution is 2.30. The molecule has 3 rings (SSSR count). The first-order valence-corrected chi connectivity index (χ1v) is 6.16. The summed E-state index contributed by atoms with van der Waals surface area (Å²) in [5, 5.41) is 2.39. The number of hydrogen-bond donors (Lipinski definition) is 1. The molecule has 1 aliphatic heterocycles. The lowest BCUT2D eigenvalue weighted by Gasteiger charge is -2.11. The molecule has 0 saturated carbocycles. The Kier molecular flexibility index (Phi) is 2.36. The number of rotatable bonds is 1. The zero-order chi connectivity index (χ0) is 11.0. The van der Waals surface area contributed by atoms with Gasteiger partial charge in [-0.05, 0) is 6.07 Å². The topological polar surface area (TPSA) is 31.4 Å². The van der Waals surface area contributed by atoms with Gasteiger partial charge in [0.15, 0.2) is 5.17 Å². The summed E-state index contributed by atoms with van der Waals surface area (Å²) < 4.78 is 0. The van der Waals surface area contributed by atoms with Crippen LogP contribution in [0.5, 0.6) is 0 Å². The summed E-state index contributed by atoms with van der Waals surface area (Å²) in [5.41, 5.74) is 1.19. The lowest BCUT2D eigenvalue weighted by molar-refractivity contribution is 0.564. The fourth-order valence-corrected chi connectivity index (χ4v) is 2.86. The lowest BCUT2D eigenvalue weighted by atomic mass is 10.2. The van der Waals surface area contributed by atoms with E-state index in [9.17, 15) is 0 Å². The van der Waals surface area contributed by atoms with Crippen molar-refractivity contribution in [3.8, 4) is 0 Å². The molecule has 0 saturated heterocycles. The summed E-state index contributed by atoms with van der Waals surface area (Å²) in [6.45, 7) is 1.95. The van der Waals surface area contributed by atoms with E-state index in [1.165, 1.54) is 15.8 Å². The predicted molar refractivity (Wildman–Crippen MR) is 69.1 cm³/mol. The van der Waals surface area contributed by atoms with Crippen LogP contribution in [0.25, 0.3) is 10.9 Å². The van der Waals surface area contributed by atoms with Crippen molar-refractivity contribution in [2.45, 2.75) is 4.90 Å². The van der Waals surface area contributed by atoms with Crippen molar-refractivity contribution in [1.29, 1.82) is 0 Å². The van der Waals surface area contributed by atoms with Gasteiger partial charge in [-0.15, -0.1) is 0 Å². The van der Waals surface area contributed by atoms with Gasteiger partial charge >= 0.3 is 0 Å².